The highest BCUT2D eigenvalue weighted by molar-refractivity contribution is 5.99. The van der Waals surface area contributed by atoms with Gasteiger partial charge in [-0.1, -0.05) is 31.6 Å². The number of aliphatic imine (C=N–C) groups is 3. The van der Waals surface area contributed by atoms with Gasteiger partial charge < -0.3 is 24.8 Å². The van der Waals surface area contributed by atoms with Crippen LogP contribution < -0.4 is 5.73 Å². The number of fused-ring (bicyclic) bond motifs is 1. The Hall–Kier alpha value is -3.00. The monoisotopic (exact) mass is 487 g/mol. The van der Waals surface area contributed by atoms with Crippen molar-refractivity contribution >= 4 is 30.2 Å². The average molecular weight is 488 g/mol. The Balaban J connectivity index is 1.35. The molecule has 1 saturated heterocycles. The fourth-order valence-electron chi connectivity index (χ4n) is 5.60. The van der Waals surface area contributed by atoms with E-state index in [0.29, 0.717) is 0 Å². The number of terminal acetylenes is 1. The van der Waals surface area contributed by atoms with Crippen molar-refractivity contribution in [3.63, 3.8) is 0 Å². The molecule has 0 aromatic rings. The van der Waals surface area contributed by atoms with Gasteiger partial charge in [0.25, 0.3) is 0 Å². The van der Waals surface area contributed by atoms with Crippen LogP contribution in [0.4, 0.5) is 4.39 Å². The maximum Gasteiger partial charge on any atom is 0.309 e. The molecule has 2 N–H and O–H groups in total. The standard InChI is InChI=1S/C24H30FN5O5/c1-2-24(12-33-21(31)14-7-3-4-8-14)16(34-22(32)15-9-5-6-10-15)11-17(35-24)30-13-27-18-19(26)28-23(25)29-20(18)30/h1,13-18,20H,3-12H2,(H2,26,28,29)/t16-,17+,18?,20?,24+/m0/s1. The van der Waals surface area contributed by atoms with Gasteiger partial charge in [-0.25, -0.2) is 4.99 Å². The largest absolute Gasteiger partial charge is 0.461 e. The van der Waals surface area contributed by atoms with Gasteiger partial charge in [0.05, 0.1) is 18.2 Å². The number of carbonyl (C=O) groups excluding carboxylic acids is 2. The number of carbonyl (C=O) groups is 2. The van der Waals surface area contributed by atoms with Crippen LogP contribution in [0.2, 0.25) is 0 Å². The maximum atomic E-state index is 13.9. The Bertz CT molecular complexity index is 997. The third-order valence-corrected chi connectivity index (χ3v) is 7.63. The van der Waals surface area contributed by atoms with E-state index in [0.717, 1.165) is 51.4 Å². The highest BCUT2D eigenvalue weighted by atomic mass is 19.1. The predicted octanol–water partition coefficient (Wildman–Crippen LogP) is 1.68. The van der Waals surface area contributed by atoms with Crippen LogP contribution in [0.3, 0.4) is 0 Å². The van der Waals surface area contributed by atoms with Crippen LogP contribution in [-0.2, 0) is 23.8 Å². The van der Waals surface area contributed by atoms with Crippen molar-refractivity contribution in [2.75, 3.05) is 6.61 Å². The molecule has 5 atom stereocenters. The molecule has 2 aliphatic carbocycles. The van der Waals surface area contributed by atoms with Crippen LogP contribution >= 0.6 is 0 Å². The van der Waals surface area contributed by atoms with Gasteiger partial charge in [-0.2, -0.15) is 9.38 Å². The van der Waals surface area contributed by atoms with E-state index in [1.165, 1.54) is 6.34 Å². The van der Waals surface area contributed by atoms with Crippen LogP contribution in [0.15, 0.2) is 15.0 Å². The lowest BCUT2D eigenvalue weighted by Crippen LogP contribution is -2.49. The molecule has 3 heterocycles. The van der Waals surface area contributed by atoms with Crippen molar-refractivity contribution in [3.8, 4) is 12.3 Å². The lowest BCUT2D eigenvalue weighted by molar-refractivity contribution is -0.172. The van der Waals surface area contributed by atoms with Gasteiger partial charge in [0.1, 0.15) is 30.8 Å². The normalized spacial score (nSPS) is 34.9. The molecule has 188 valence electrons. The number of hydrogen-bond acceptors (Lipinski definition) is 10. The fourth-order valence-corrected chi connectivity index (χ4v) is 5.60. The van der Waals surface area contributed by atoms with Gasteiger partial charge in [-0.3, -0.25) is 14.6 Å². The maximum absolute atomic E-state index is 13.9. The number of halogens is 1. The molecule has 0 spiro atoms. The minimum absolute atomic E-state index is 0.0113. The number of esters is 2. The van der Waals surface area contributed by atoms with Crippen LogP contribution in [0, 0.1) is 24.2 Å². The number of nitrogens with zero attached hydrogens (tertiary/aromatic N) is 4. The summed E-state index contributed by atoms with van der Waals surface area (Å²) in [6, 6.07) is -0.654. The molecule has 0 amide bonds. The van der Waals surface area contributed by atoms with Crippen molar-refractivity contribution in [2.45, 2.75) is 87.9 Å². The van der Waals surface area contributed by atoms with E-state index >= 15 is 0 Å². The van der Waals surface area contributed by atoms with Crippen LogP contribution in [0.25, 0.3) is 0 Å². The van der Waals surface area contributed by atoms with E-state index in [-0.39, 0.29) is 42.6 Å². The lowest BCUT2D eigenvalue weighted by Gasteiger charge is -2.32. The molecule has 2 unspecified atom stereocenters. The molecule has 0 aromatic heterocycles. The topological polar surface area (TPSA) is 128 Å². The molecule has 5 aliphatic rings. The van der Waals surface area contributed by atoms with E-state index in [4.69, 9.17) is 26.4 Å². The zero-order valence-corrected chi connectivity index (χ0v) is 19.5. The number of ether oxygens (including phenoxy) is 3. The quantitative estimate of drug-likeness (QED) is 0.343. The molecule has 0 aromatic carbocycles. The van der Waals surface area contributed by atoms with Gasteiger partial charge in [0, 0.05) is 6.42 Å². The molecule has 3 aliphatic heterocycles. The zero-order chi connectivity index (χ0) is 24.6. The molecule has 35 heavy (non-hydrogen) atoms. The highest BCUT2D eigenvalue weighted by Crippen LogP contribution is 2.39. The summed E-state index contributed by atoms with van der Waals surface area (Å²) in [4.78, 5) is 38.9. The van der Waals surface area contributed by atoms with Crippen molar-refractivity contribution in [2.24, 2.45) is 32.5 Å². The second-order valence-electron chi connectivity index (χ2n) is 9.84. The minimum atomic E-state index is -1.49. The summed E-state index contributed by atoms with van der Waals surface area (Å²) in [5.74, 6) is 1.62. The van der Waals surface area contributed by atoms with Gasteiger partial charge >= 0.3 is 18.0 Å². The molecule has 2 saturated carbocycles. The summed E-state index contributed by atoms with van der Waals surface area (Å²) in [6.07, 6.45) is 11.2. The Morgan fingerprint density at radius 2 is 1.86 bits per heavy atom. The summed E-state index contributed by atoms with van der Waals surface area (Å²) in [7, 11) is 0. The summed E-state index contributed by atoms with van der Waals surface area (Å²) < 4.78 is 31.7. The van der Waals surface area contributed by atoms with Crippen molar-refractivity contribution < 1.29 is 28.2 Å². The summed E-state index contributed by atoms with van der Waals surface area (Å²) >= 11 is 0. The first-order valence-corrected chi connectivity index (χ1v) is 12.3. The first kappa shape index (κ1) is 23.7. The van der Waals surface area contributed by atoms with E-state index in [9.17, 15) is 14.0 Å². The first-order valence-electron chi connectivity index (χ1n) is 12.3. The van der Waals surface area contributed by atoms with Crippen molar-refractivity contribution in [1.82, 2.24) is 4.90 Å². The summed E-state index contributed by atoms with van der Waals surface area (Å²) in [5.41, 5.74) is 4.35. The lowest BCUT2D eigenvalue weighted by atomic mass is 9.97. The number of amidine groups is 2. The van der Waals surface area contributed by atoms with Crippen LogP contribution in [-0.4, -0.2) is 71.8 Å². The Kier molecular flexibility index (Phi) is 6.49. The second-order valence-corrected chi connectivity index (χ2v) is 9.84. The van der Waals surface area contributed by atoms with E-state index in [1.807, 2.05) is 0 Å². The Morgan fingerprint density at radius 3 is 2.51 bits per heavy atom. The van der Waals surface area contributed by atoms with E-state index in [2.05, 4.69) is 20.9 Å². The molecular formula is C24H30FN5O5. The Morgan fingerprint density at radius 1 is 1.20 bits per heavy atom. The number of nitrogens with two attached hydrogens (primary N) is 1. The predicted molar refractivity (Wildman–Crippen MR) is 124 cm³/mol. The molecule has 3 fully saturated rings. The summed E-state index contributed by atoms with van der Waals surface area (Å²) in [5, 5.41) is 0. The van der Waals surface area contributed by atoms with Gasteiger partial charge in [-0.15, -0.1) is 6.42 Å². The van der Waals surface area contributed by atoms with Gasteiger partial charge in [0.2, 0.25) is 5.60 Å². The Labute approximate surface area is 203 Å². The smallest absolute Gasteiger partial charge is 0.309 e. The molecule has 5 rings (SSSR count). The van der Waals surface area contributed by atoms with Crippen LogP contribution in [0.5, 0.6) is 0 Å². The number of hydrogen-bond donors (Lipinski definition) is 1. The molecular weight excluding hydrogens is 457 g/mol. The molecule has 11 heteroatoms. The number of rotatable bonds is 6. The average Bonchev–Trinajstić information content (AvgIpc) is 3.64. The van der Waals surface area contributed by atoms with Crippen molar-refractivity contribution in [1.29, 1.82) is 0 Å². The molecule has 10 nitrogen and oxygen atoms in total. The van der Waals surface area contributed by atoms with E-state index < -0.39 is 36.2 Å². The highest BCUT2D eigenvalue weighted by Gasteiger charge is 2.55. The van der Waals surface area contributed by atoms with Gasteiger partial charge in [-0.05, 0) is 25.7 Å². The van der Waals surface area contributed by atoms with Crippen molar-refractivity contribution in [3.05, 3.63) is 0 Å². The third-order valence-electron chi connectivity index (χ3n) is 7.63. The minimum Gasteiger partial charge on any atom is -0.461 e. The fraction of sp³-hybridized carbons (Fsp3) is 0.708. The molecule has 0 radical (unpaired) electrons. The van der Waals surface area contributed by atoms with Gasteiger partial charge in [0.15, 0.2) is 6.17 Å². The first-order chi connectivity index (χ1) is 16.9. The SMILES string of the molecule is C#C[C@]1(COC(=O)C2CCCC2)O[C@@H](N2C=NC3C(N)=NC(F)=NC32)C[C@@H]1OC(=O)C1CCCC1. The third kappa shape index (κ3) is 4.51. The van der Waals surface area contributed by atoms with E-state index in [1.54, 1.807) is 4.90 Å². The second kappa shape index (κ2) is 9.57. The zero-order valence-electron chi connectivity index (χ0n) is 19.5. The van der Waals surface area contributed by atoms with Crippen LogP contribution in [0.1, 0.15) is 57.8 Å². The molecule has 0 bridgehead atoms. The summed E-state index contributed by atoms with van der Waals surface area (Å²) in [6.45, 7) is -0.252.